The predicted molar refractivity (Wildman–Crippen MR) is 88.2 cm³/mol. The van der Waals surface area contributed by atoms with Gasteiger partial charge in [-0.3, -0.25) is 0 Å². The van der Waals surface area contributed by atoms with E-state index in [9.17, 15) is 8.42 Å². The average Bonchev–Trinajstić information content (AvgIpc) is 2.78. The summed E-state index contributed by atoms with van der Waals surface area (Å²) in [7, 11) is -3.39. The van der Waals surface area contributed by atoms with Crippen molar-refractivity contribution in [3.63, 3.8) is 0 Å². The molecule has 1 aromatic rings. The van der Waals surface area contributed by atoms with Crippen molar-refractivity contribution in [2.45, 2.75) is 51.6 Å². The average molecular weight is 329 g/mol. The van der Waals surface area contributed by atoms with Gasteiger partial charge in [-0.15, -0.1) is 11.3 Å². The molecule has 0 spiro atoms. The maximum atomic E-state index is 12.9. The lowest BCUT2D eigenvalue weighted by molar-refractivity contribution is 0.430. The molecule has 2 heterocycles. The highest BCUT2D eigenvalue weighted by Gasteiger charge is 2.30. The van der Waals surface area contributed by atoms with Gasteiger partial charge in [0, 0.05) is 30.6 Å². The first-order valence-electron chi connectivity index (χ1n) is 7.28. The van der Waals surface area contributed by atoms with Gasteiger partial charge in [-0.1, -0.05) is 25.5 Å². The SMILES string of the molecule is CC1=CCN(S(=O)(=O)c2c(C)csc2CNC(C)C)CC1. The lowest BCUT2D eigenvalue weighted by atomic mass is 10.1. The fourth-order valence-electron chi connectivity index (χ4n) is 2.35. The van der Waals surface area contributed by atoms with Crippen LogP contribution in [0.3, 0.4) is 0 Å². The third-order valence-corrected chi connectivity index (χ3v) is 6.99. The molecule has 0 aromatic carbocycles. The Hall–Kier alpha value is -0.690. The minimum absolute atomic E-state index is 0.337. The molecular weight excluding hydrogens is 304 g/mol. The highest BCUT2D eigenvalue weighted by molar-refractivity contribution is 7.89. The van der Waals surface area contributed by atoms with E-state index in [1.807, 2.05) is 18.4 Å². The zero-order valence-corrected chi connectivity index (χ0v) is 14.8. The largest absolute Gasteiger partial charge is 0.310 e. The predicted octanol–water partition coefficient (Wildman–Crippen LogP) is 2.90. The van der Waals surface area contributed by atoms with Crippen LogP contribution in [0.2, 0.25) is 0 Å². The van der Waals surface area contributed by atoms with Crippen LogP contribution in [-0.4, -0.2) is 31.9 Å². The van der Waals surface area contributed by atoms with Crippen molar-refractivity contribution in [2.75, 3.05) is 13.1 Å². The molecule has 1 N–H and O–H groups in total. The summed E-state index contributed by atoms with van der Waals surface area (Å²) in [4.78, 5) is 1.42. The highest BCUT2D eigenvalue weighted by atomic mass is 32.2. The van der Waals surface area contributed by atoms with Crippen molar-refractivity contribution in [3.05, 3.63) is 27.5 Å². The Morgan fingerprint density at radius 1 is 1.38 bits per heavy atom. The van der Waals surface area contributed by atoms with Crippen LogP contribution in [0.4, 0.5) is 0 Å². The van der Waals surface area contributed by atoms with Crippen molar-refractivity contribution in [3.8, 4) is 0 Å². The first-order valence-corrected chi connectivity index (χ1v) is 9.60. The maximum Gasteiger partial charge on any atom is 0.244 e. The van der Waals surface area contributed by atoms with E-state index in [0.717, 1.165) is 16.9 Å². The lowest BCUT2D eigenvalue weighted by Gasteiger charge is -2.25. The van der Waals surface area contributed by atoms with Crippen LogP contribution in [0.5, 0.6) is 0 Å². The molecule has 6 heteroatoms. The summed E-state index contributed by atoms with van der Waals surface area (Å²) in [6.07, 6.45) is 2.83. The molecule has 0 unspecified atom stereocenters. The molecule has 1 aliphatic heterocycles. The molecule has 1 aromatic heterocycles. The Balaban J connectivity index is 2.29. The minimum Gasteiger partial charge on any atom is -0.310 e. The Kier molecular flexibility index (Phi) is 5.24. The van der Waals surface area contributed by atoms with Crippen molar-refractivity contribution in [1.29, 1.82) is 0 Å². The Bertz CT molecular complexity index is 630. The second-order valence-corrected chi connectivity index (χ2v) is 8.71. The topological polar surface area (TPSA) is 49.4 Å². The van der Waals surface area contributed by atoms with E-state index in [0.29, 0.717) is 30.6 Å². The van der Waals surface area contributed by atoms with Gasteiger partial charge in [0.2, 0.25) is 10.0 Å². The quantitative estimate of drug-likeness (QED) is 0.846. The van der Waals surface area contributed by atoms with Gasteiger partial charge in [0.05, 0.1) is 0 Å². The van der Waals surface area contributed by atoms with Gasteiger partial charge < -0.3 is 5.32 Å². The van der Waals surface area contributed by atoms with E-state index in [4.69, 9.17) is 0 Å². The molecular formula is C15H24N2O2S2. The van der Waals surface area contributed by atoms with Gasteiger partial charge in [-0.2, -0.15) is 4.31 Å². The molecule has 118 valence electrons. The molecule has 0 amide bonds. The van der Waals surface area contributed by atoms with Gasteiger partial charge in [0.15, 0.2) is 0 Å². The summed E-state index contributed by atoms with van der Waals surface area (Å²) < 4.78 is 27.4. The second-order valence-electron chi connectivity index (χ2n) is 5.87. The second kappa shape index (κ2) is 6.60. The van der Waals surface area contributed by atoms with Crippen LogP contribution in [0, 0.1) is 6.92 Å². The molecule has 0 aliphatic carbocycles. The number of sulfonamides is 1. The van der Waals surface area contributed by atoms with Gasteiger partial charge in [0.25, 0.3) is 0 Å². The molecule has 0 radical (unpaired) electrons. The molecule has 0 saturated heterocycles. The van der Waals surface area contributed by atoms with Crippen molar-refractivity contribution < 1.29 is 8.42 Å². The summed E-state index contributed by atoms with van der Waals surface area (Å²) in [5, 5.41) is 5.25. The fourth-order valence-corrected chi connectivity index (χ4v) is 5.44. The molecule has 2 rings (SSSR count). The van der Waals surface area contributed by atoms with Gasteiger partial charge in [0.1, 0.15) is 4.90 Å². The Morgan fingerprint density at radius 3 is 2.67 bits per heavy atom. The smallest absolute Gasteiger partial charge is 0.244 e. The third kappa shape index (κ3) is 3.74. The van der Waals surface area contributed by atoms with Crippen LogP contribution in [0.15, 0.2) is 21.9 Å². The molecule has 4 nitrogen and oxygen atoms in total. The molecule has 21 heavy (non-hydrogen) atoms. The summed E-state index contributed by atoms with van der Waals surface area (Å²) in [6.45, 7) is 9.73. The number of thiophene rings is 1. The zero-order chi connectivity index (χ0) is 15.6. The van der Waals surface area contributed by atoms with Crippen LogP contribution >= 0.6 is 11.3 Å². The first kappa shape index (κ1) is 16.7. The summed E-state index contributed by atoms with van der Waals surface area (Å²) in [5.41, 5.74) is 2.12. The Labute approximate surface area is 131 Å². The minimum atomic E-state index is -3.39. The van der Waals surface area contributed by atoms with Gasteiger partial charge in [-0.05, 0) is 31.2 Å². The van der Waals surface area contributed by atoms with E-state index in [1.165, 1.54) is 16.9 Å². The number of nitrogens with zero attached hydrogens (tertiary/aromatic N) is 1. The summed E-state index contributed by atoms with van der Waals surface area (Å²) >= 11 is 1.53. The summed E-state index contributed by atoms with van der Waals surface area (Å²) in [5.74, 6) is 0. The zero-order valence-electron chi connectivity index (χ0n) is 13.1. The van der Waals surface area contributed by atoms with Crippen molar-refractivity contribution >= 4 is 21.4 Å². The van der Waals surface area contributed by atoms with Gasteiger partial charge >= 0.3 is 0 Å². The third-order valence-electron chi connectivity index (χ3n) is 3.66. The van der Waals surface area contributed by atoms with E-state index in [-0.39, 0.29) is 0 Å². The molecule has 0 fully saturated rings. The standard InChI is InChI=1S/C15H24N2O2S2/c1-11(2)16-9-14-15(13(4)10-20-14)21(18,19)17-7-5-12(3)6-8-17/h5,10-11,16H,6-9H2,1-4H3. The monoisotopic (exact) mass is 328 g/mol. The first-order chi connectivity index (χ1) is 9.82. The van der Waals surface area contributed by atoms with Crippen LogP contribution in [0.1, 0.15) is 37.6 Å². The van der Waals surface area contributed by atoms with Crippen LogP contribution in [0.25, 0.3) is 0 Å². The van der Waals surface area contributed by atoms with E-state index < -0.39 is 10.0 Å². The molecule has 0 saturated carbocycles. The van der Waals surface area contributed by atoms with E-state index in [2.05, 4.69) is 26.1 Å². The maximum absolute atomic E-state index is 12.9. The lowest BCUT2D eigenvalue weighted by Crippen LogP contribution is -2.35. The number of hydrogen-bond donors (Lipinski definition) is 1. The van der Waals surface area contributed by atoms with Crippen LogP contribution < -0.4 is 5.32 Å². The fraction of sp³-hybridized carbons (Fsp3) is 0.600. The molecule has 0 bridgehead atoms. The highest BCUT2D eigenvalue weighted by Crippen LogP contribution is 2.30. The van der Waals surface area contributed by atoms with Crippen molar-refractivity contribution in [1.82, 2.24) is 9.62 Å². The van der Waals surface area contributed by atoms with E-state index in [1.54, 1.807) is 4.31 Å². The summed E-state index contributed by atoms with van der Waals surface area (Å²) in [6, 6.07) is 0.337. The van der Waals surface area contributed by atoms with Crippen molar-refractivity contribution in [2.24, 2.45) is 0 Å². The Morgan fingerprint density at radius 2 is 2.10 bits per heavy atom. The molecule has 0 atom stereocenters. The van der Waals surface area contributed by atoms with Crippen LogP contribution in [-0.2, 0) is 16.6 Å². The number of aryl methyl sites for hydroxylation is 1. The van der Waals surface area contributed by atoms with E-state index >= 15 is 0 Å². The number of rotatable bonds is 5. The van der Waals surface area contributed by atoms with Gasteiger partial charge in [-0.25, -0.2) is 8.42 Å². The number of hydrogen-bond acceptors (Lipinski definition) is 4. The number of nitrogens with one attached hydrogen (secondary N) is 1. The normalized spacial score (nSPS) is 17.3. The molecule has 1 aliphatic rings.